The van der Waals surface area contributed by atoms with Gasteiger partial charge in [0.25, 0.3) is 0 Å². The Kier molecular flexibility index (Phi) is 3.84. The van der Waals surface area contributed by atoms with Crippen molar-refractivity contribution >= 4 is 33.6 Å². The van der Waals surface area contributed by atoms with Gasteiger partial charge in [-0.2, -0.15) is 0 Å². The third kappa shape index (κ3) is 2.54. The van der Waals surface area contributed by atoms with Crippen molar-refractivity contribution in [1.29, 1.82) is 0 Å². The van der Waals surface area contributed by atoms with Crippen molar-refractivity contribution in [3.63, 3.8) is 0 Å². The zero-order valence-corrected chi connectivity index (χ0v) is 12.2. The first-order chi connectivity index (χ1) is 9.29. The van der Waals surface area contributed by atoms with Crippen LogP contribution in [0.1, 0.15) is 24.7 Å². The number of aromatic nitrogens is 3. The van der Waals surface area contributed by atoms with E-state index in [1.54, 1.807) is 6.20 Å². The fourth-order valence-corrected chi connectivity index (χ4v) is 4.10. The van der Waals surface area contributed by atoms with Crippen LogP contribution in [0.2, 0.25) is 0 Å². The van der Waals surface area contributed by atoms with Crippen LogP contribution in [0, 0.1) is 0 Å². The van der Waals surface area contributed by atoms with Crippen LogP contribution in [0.3, 0.4) is 0 Å². The molecule has 0 saturated carbocycles. The molecule has 0 spiro atoms. The number of rotatable bonds is 3. The molecule has 1 saturated heterocycles. The van der Waals surface area contributed by atoms with E-state index in [4.69, 9.17) is 11.6 Å². The third-order valence-electron chi connectivity index (χ3n) is 3.56. The number of hydrogen-bond acceptors (Lipinski definition) is 3. The molecule has 6 heteroatoms. The van der Waals surface area contributed by atoms with Crippen LogP contribution in [0.5, 0.6) is 0 Å². The molecule has 0 radical (unpaired) electrons. The molecule has 0 unspecified atom stereocenters. The molecule has 19 heavy (non-hydrogen) atoms. The van der Waals surface area contributed by atoms with Gasteiger partial charge in [-0.1, -0.05) is 0 Å². The van der Waals surface area contributed by atoms with E-state index in [1.165, 1.54) is 0 Å². The average molecular weight is 298 g/mol. The molecule has 102 valence electrons. The number of alkyl halides is 1. The molecule has 3 heterocycles. The SMILES string of the molecule is O=S1CCC(n2c(CCCl)nc3cccnc32)CC1. The van der Waals surface area contributed by atoms with Crippen molar-refractivity contribution in [1.82, 2.24) is 14.5 Å². The Balaban J connectivity index is 2.04. The van der Waals surface area contributed by atoms with Crippen LogP contribution in [0.25, 0.3) is 11.2 Å². The summed E-state index contributed by atoms with van der Waals surface area (Å²) in [5.74, 6) is 3.11. The van der Waals surface area contributed by atoms with E-state index in [0.29, 0.717) is 11.9 Å². The van der Waals surface area contributed by atoms with Crippen molar-refractivity contribution in [2.45, 2.75) is 25.3 Å². The fourth-order valence-electron chi connectivity index (χ4n) is 2.66. The fraction of sp³-hybridized carbons (Fsp3) is 0.538. The lowest BCUT2D eigenvalue weighted by atomic mass is 10.1. The zero-order valence-electron chi connectivity index (χ0n) is 10.6. The van der Waals surface area contributed by atoms with Gasteiger partial charge in [0.15, 0.2) is 5.65 Å². The number of imidazole rings is 1. The molecule has 1 aliphatic heterocycles. The van der Waals surface area contributed by atoms with E-state index in [1.807, 2.05) is 12.1 Å². The van der Waals surface area contributed by atoms with E-state index in [2.05, 4.69) is 14.5 Å². The van der Waals surface area contributed by atoms with Gasteiger partial charge < -0.3 is 4.57 Å². The highest BCUT2D eigenvalue weighted by Crippen LogP contribution is 2.28. The lowest BCUT2D eigenvalue weighted by molar-refractivity contribution is 0.457. The van der Waals surface area contributed by atoms with E-state index in [-0.39, 0.29) is 0 Å². The molecule has 2 aromatic heterocycles. The molecule has 0 aliphatic carbocycles. The van der Waals surface area contributed by atoms with Gasteiger partial charge >= 0.3 is 0 Å². The maximum atomic E-state index is 11.5. The second kappa shape index (κ2) is 5.59. The van der Waals surface area contributed by atoms with Gasteiger partial charge in [0.2, 0.25) is 0 Å². The standard InChI is InChI=1S/C13H16ClN3OS/c14-6-3-12-16-11-2-1-7-15-13(11)17(12)10-4-8-19(18)9-5-10/h1-2,7,10H,3-6,8-9H2. The maximum absolute atomic E-state index is 11.5. The molecular weight excluding hydrogens is 282 g/mol. The van der Waals surface area contributed by atoms with Gasteiger partial charge in [0.05, 0.1) is 0 Å². The van der Waals surface area contributed by atoms with Crippen LogP contribution < -0.4 is 0 Å². The van der Waals surface area contributed by atoms with Crippen LogP contribution >= 0.6 is 11.6 Å². The Morgan fingerprint density at radius 2 is 2.21 bits per heavy atom. The van der Waals surface area contributed by atoms with Crippen molar-refractivity contribution in [3.8, 4) is 0 Å². The van der Waals surface area contributed by atoms with E-state index in [9.17, 15) is 4.21 Å². The van der Waals surface area contributed by atoms with Gasteiger partial charge in [-0.05, 0) is 25.0 Å². The Hall–Kier alpha value is -0.940. The summed E-state index contributed by atoms with van der Waals surface area (Å²) in [6.45, 7) is 0. The maximum Gasteiger partial charge on any atom is 0.160 e. The summed E-state index contributed by atoms with van der Waals surface area (Å²) in [5.41, 5.74) is 1.86. The summed E-state index contributed by atoms with van der Waals surface area (Å²) in [5, 5.41) is 0. The third-order valence-corrected chi connectivity index (χ3v) is 5.13. The second-order valence-electron chi connectivity index (χ2n) is 4.76. The quantitative estimate of drug-likeness (QED) is 0.817. The van der Waals surface area contributed by atoms with Crippen LogP contribution in [0.15, 0.2) is 18.3 Å². The Morgan fingerprint density at radius 3 is 2.95 bits per heavy atom. The molecule has 0 bridgehead atoms. The van der Waals surface area contributed by atoms with Crippen molar-refractivity contribution in [2.24, 2.45) is 0 Å². The first kappa shape index (κ1) is 13.1. The molecule has 1 fully saturated rings. The summed E-state index contributed by atoms with van der Waals surface area (Å²) in [6, 6.07) is 4.24. The normalized spacial score (nSPS) is 23.8. The summed E-state index contributed by atoms with van der Waals surface area (Å²) in [4.78, 5) is 9.10. The Morgan fingerprint density at radius 1 is 1.42 bits per heavy atom. The number of pyridine rings is 1. The molecule has 4 nitrogen and oxygen atoms in total. The number of fused-ring (bicyclic) bond motifs is 1. The van der Waals surface area contributed by atoms with E-state index >= 15 is 0 Å². The highest BCUT2D eigenvalue weighted by atomic mass is 35.5. The topological polar surface area (TPSA) is 47.8 Å². The van der Waals surface area contributed by atoms with Gasteiger partial charge in [0, 0.05) is 46.8 Å². The van der Waals surface area contributed by atoms with Gasteiger partial charge in [-0.15, -0.1) is 11.6 Å². The van der Waals surface area contributed by atoms with Crippen LogP contribution in [0.4, 0.5) is 0 Å². The van der Waals surface area contributed by atoms with Crippen molar-refractivity contribution < 1.29 is 4.21 Å². The van der Waals surface area contributed by atoms with Gasteiger partial charge in [-0.25, -0.2) is 9.97 Å². The lowest BCUT2D eigenvalue weighted by Gasteiger charge is -2.24. The van der Waals surface area contributed by atoms with E-state index in [0.717, 1.165) is 47.8 Å². The predicted molar refractivity (Wildman–Crippen MR) is 78.1 cm³/mol. The van der Waals surface area contributed by atoms with Crippen molar-refractivity contribution in [2.75, 3.05) is 17.4 Å². The largest absolute Gasteiger partial charge is 0.309 e. The summed E-state index contributed by atoms with van der Waals surface area (Å²) >= 11 is 5.88. The number of halogens is 1. The average Bonchev–Trinajstić information content (AvgIpc) is 2.78. The molecule has 0 atom stereocenters. The summed E-state index contributed by atoms with van der Waals surface area (Å²) in [7, 11) is -0.647. The van der Waals surface area contributed by atoms with Crippen LogP contribution in [-0.2, 0) is 17.2 Å². The summed E-state index contributed by atoms with van der Waals surface area (Å²) in [6.07, 6.45) is 4.41. The smallest absolute Gasteiger partial charge is 0.160 e. The van der Waals surface area contributed by atoms with Crippen LogP contribution in [-0.4, -0.2) is 36.1 Å². The highest BCUT2D eigenvalue weighted by Gasteiger charge is 2.24. The van der Waals surface area contributed by atoms with Gasteiger partial charge in [0.1, 0.15) is 11.3 Å². The highest BCUT2D eigenvalue weighted by molar-refractivity contribution is 7.85. The predicted octanol–water partition coefficient (Wildman–Crippen LogP) is 2.30. The second-order valence-corrected chi connectivity index (χ2v) is 6.84. The molecule has 1 aliphatic rings. The molecule has 2 aromatic rings. The number of hydrogen-bond donors (Lipinski definition) is 0. The molecule has 0 aromatic carbocycles. The lowest BCUT2D eigenvalue weighted by Crippen LogP contribution is -2.23. The minimum absolute atomic E-state index is 0.357. The zero-order chi connectivity index (χ0) is 13.2. The number of aryl methyl sites for hydroxylation is 1. The summed E-state index contributed by atoms with van der Waals surface area (Å²) < 4.78 is 13.7. The van der Waals surface area contributed by atoms with Crippen molar-refractivity contribution in [3.05, 3.63) is 24.2 Å². The Labute approximate surface area is 119 Å². The molecular formula is C13H16ClN3OS. The minimum atomic E-state index is -0.647. The first-order valence-corrected chi connectivity index (χ1v) is 8.54. The first-order valence-electron chi connectivity index (χ1n) is 6.52. The Bertz CT molecular complexity index is 603. The monoisotopic (exact) mass is 297 g/mol. The minimum Gasteiger partial charge on any atom is -0.309 e. The molecule has 3 rings (SSSR count). The van der Waals surface area contributed by atoms with Gasteiger partial charge in [-0.3, -0.25) is 4.21 Å². The molecule has 0 N–H and O–H groups in total. The van der Waals surface area contributed by atoms with E-state index < -0.39 is 10.8 Å². The number of nitrogens with zero attached hydrogens (tertiary/aromatic N) is 3. The molecule has 0 amide bonds.